The number of nitrogens with one attached hydrogen (secondary N) is 2. The maximum atomic E-state index is 12.2. The van der Waals surface area contributed by atoms with E-state index in [9.17, 15) is 9.59 Å². The van der Waals surface area contributed by atoms with E-state index in [1.807, 2.05) is 26.0 Å². The predicted molar refractivity (Wildman–Crippen MR) is 96.2 cm³/mol. The molecule has 132 valence electrons. The second-order valence-electron chi connectivity index (χ2n) is 5.73. The predicted octanol–water partition coefficient (Wildman–Crippen LogP) is 3.06. The summed E-state index contributed by atoms with van der Waals surface area (Å²) >= 11 is 0. The molecule has 6 nitrogen and oxygen atoms in total. The van der Waals surface area contributed by atoms with E-state index in [2.05, 4.69) is 10.6 Å². The van der Waals surface area contributed by atoms with Crippen molar-refractivity contribution in [3.8, 4) is 5.75 Å². The average molecular weight is 342 g/mol. The van der Waals surface area contributed by atoms with Crippen molar-refractivity contribution in [3.05, 3.63) is 59.2 Å². The first-order chi connectivity index (χ1) is 11.9. The third-order valence-electron chi connectivity index (χ3n) is 3.83. The van der Waals surface area contributed by atoms with E-state index < -0.39 is 6.61 Å². The first-order valence-electron chi connectivity index (χ1n) is 7.90. The van der Waals surface area contributed by atoms with Gasteiger partial charge in [0.15, 0.2) is 5.78 Å². The zero-order valence-corrected chi connectivity index (χ0v) is 14.5. The lowest BCUT2D eigenvalue weighted by atomic mass is 10.0. The Balaban J connectivity index is 2.03. The molecular formula is C19H22N2O4. The zero-order valence-electron chi connectivity index (χ0n) is 14.5. The Bertz CT molecular complexity index is 757. The van der Waals surface area contributed by atoms with Gasteiger partial charge in [-0.3, -0.25) is 4.79 Å². The summed E-state index contributed by atoms with van der Waals surface area (Å²) in [6, 6.07) is 11.7. The van der Waals surface area contributed by atoms with Crippen molar-refractivity contribution in [1.29, 1.82) is 0 Å². The van der Waals surface area contributed by atoms with Crippen molar-refractivity contribution < 1.29 is 19.4 Å². The summed E-state index contributed by atoms with van der Waals surface area (Å²) < 4.78 is 5.24. The molecule has 0 aliphatic rings. The summed E-state index contributed by atoms with van der Waals surface area (Å²) in [5, 5.41) is 14.5. The molecule has 0 aliphatic carbocycles. The first-order valence-corrected chi connectivity index (χ1v) is 7.90. The fourth-order valence-corrected chi connectivity index (χ4v) is 2.41. The van der Waals surface area contributed by atoms with Gasteiger partial charge in [0.05, 0.1) is 18.8 Å². The van der Waals surface area contributed by atoms with Crippen LogP contribution in [0.5, 0.6) is 5.75 Å². The summed E-state index contributed by atoms with van der Waals surface area (Å²) in [6.07, 6.45) is 0. The standard InChI is InChI=1S/C19H22N2O4/c1-12-4-9-18(25-3)16(10-12)21-19(24)20-13(2)14-5-7-15(8-6-14)17(23)11-22/h4-10,13,22H,11H2,1-3H3,(H2,20,21,24). The lowest BCUT2D eigenvalue weighted by molar-refractivity contribution is 0.0903. The van der Waals surface area contributed by atoms with Gasteiger partial charge in [-0.2, -0.15) is 0 Å². The Kier molecular flexibility index (Phi) is 6.14. The third-order valence-corrected chi connectivity index (χ3v) is 3.83. The molecule has 2 amide bonds. The molecule has 0 saturated carbocycles. The SMILES string of the molecule is COc1ccc(C)cc1NC(=O)NC(C)c1ccc(C(=O)CO)cc1. The molecule has 2 aromatic carbocycles. The van der Waals surface area contributed by atoms with Gasteiger partial charge in [-0.15, -0.1) is 0 Å². The number of aliphatic hydroxyl groups is 1. The van der Waals surface area contributed by atoms with E-state index in [1.54, 1.807) is 37.4 Å². The number of ketones is 1. The summed E-state index contributed by atoms with van der Waals surface area (Å²) in [4.78, 5) is 23.7. The van der Waals surface area contributed by atoms with Gasteiger partial charge >= 0.3 is 6.03 Å². The molecule has 0 spiro atoms. The van der Waals surface area contributed by atoms with E-state index in [0.29, 0.717) is 17.0 Å². The smallest absolute Gasteiger partial charge is 0.319 e. The van der Waals surface area contributed by atoms with E-state index in [4.69, 9.17) is 9.84 Å². The Hall–Kier alpha value is -2.86. The molecule has 6 heteroatoms. The van der Waals surface area contributed by atoms with Crippen LogP contribution < -0.4 is 15.4 Å². The van der Waals surface area contributed by atoms with Gasteiger partial charge in [0, 0.05) is 5.56 Å². The van der Waals surface area contributed by atoms with E-state index >= 15 is 0 Å². The van der Waals surface area contributed by atoms with Gasteiger partial charge in [0.25, 0.3) is 0 Å². The summed E-state index contributed by atoms with van der Waals surface area (Å²) in [5.41, 5.74) is 2.89. The van der Waals surface area contributed by atoms with Crippen LogP contribution in [0, 0.1) is 6.92 Å². The zero-order chi connectivity index (χ0) is 18.4. The molecule has 0 heterocycles. The number of ether oxygens (including phenoxy) is 1. The van der Waals surface area contributed by atoms with Crippen LogP contribution in [0.15, 0.2) is 42.5 Å². The molecule has 25 heavy (non-hydrogen) atoms. The highest BCUT2D eigenvalue weighted by Gasteiger charge is 2.13. The number of carbonyl (C=O) groups excluding carboxylic acids is 2. The number of anilines is 1. The highest BCUT2D eigenvalue weighted by molar-refractivity contribution is 5.97. The van der Waals surface area contributed by atoms with Crippen molar-refractivity contribution in [1.82, 2.24) is 5.32 Å². The number of benzene rings is 2. The Morgan fingerprint density at radius 2 is 1.84 bits per heavy atom. The van der Waals surface area contributed by atoms with Gasteiger partial charge in [0.1, 0.15) is 12.4 Å². The van der Waals surface area contributed by atoms with Gasteiger partial charge in [0.2, 0.25) is 0 Å². The third kappa shape index (κ3) is 4.81. The van der Waals surface area contributed by atoms with Crippen molar-refractivity contribution in [2.24, 2.45) is 0 Å². The fourth-order valence-electron chi connectivity index (χ4n) is 2.41. The number of aliphatic hydroxyl groups excluding tert-OH is 1. The normalized spacial score (nSPS) is 11.5. The number of amides is 2. The van der Waals surface area contributed by atoms with Gasteiger partial charge in [-0.05, 0) is 37.1 Å². The lowest BCUT2D eigenvalue weighted by Gasteiger charge is -2.17. The van der Waals surface area contributed by atoms with Crippen LogP contribution in [0.25, 0.3) is 0 Å². The number of carbonyl (C=O) groups is 2. The van der Waals surface area contributed by atoms with Crippen LogP contribution in [0.2, 0.25) is 0 Å². The maximum Gasteiger partial charge on any atom is 0.319 e. The van der Waals surface area contributed by atoms with E-state index in [-0.39, 0.29) is 17.9 Å². The number of urea groups is 1. The largest absolute Gasteiger partial charge is 0.495 e. The first kappa shape index (κ1) is 18.5. The summed E-state index contributed by atoms with van der Waals surface area (Å²) in [6.45, 7) is 3.25. The topological polar surface area (TPSA) is 87.7 Å². The van der Waals surface area contributed by atoms with Crippen LogP contribution >= 0.6 is 0 Å². The van der Waals surface area contributed by atoms with E-state index in [0.717, 1.165) is 11.1 Å². The van der Waals surface area contributed by atoms with Crippen LogP contribution in [-0.4, -0.2) is 30.6 Å². The monoisotopic (exact) mass is 342 g/mol. The Morgan fingerprint density at radius 3 is 2.44 bits per heavy atom. The Morgan fingerprint density at radius 1 is 1.16 bits per heavy atom. The Labute approximate surface area is 146 Å². The van der Waals surface area contributed by atoms with Crippen molar-refractivity contribution >= 4 is 17.5 Å². The summed E-state index contributed by atoms with van der Waals surface area (Å²) in [7, 11) is 1.55. The van der Waals surface area contributed by atoms with Gasteiger partial charge < -0.3 is 20.5 Å². The molecule has 1 atom stereocenters. The number of hydrogen-bond donors (Lipinski definition) is 3. The van der Waals surface area contributed by atoms with Crippen LogP contribution in [0.1, 0.15) is 34.5 Å². The lowest BCUT2D eigenvalue weighted by Crippen LogP contribution is -2.31. The highest BCUT2D eigenvalue weighted by Crippen LogP contribution is 2.25. The molecular weight excluding hydrogens is 320 g/mol. The quantitative estimate of drug-likeness (QED) is 0.704. The van der Waals surface area contributed by atoms with Crippen molar-refractivity contribution in [3.63, 3.8) is 0 Å². The van der Waals surface area contributed by atoms with Crippen molar-refractivity contribution in [2.45, 2.75) is 19.9 Å². The van der Waals surface area contributed by atoms with Crippen LogP contribution in [0.4, 0.5) is 10.5 Å². The molecule has 0 saturated heterocycles. The number of methoxy groups -OCH3 is 1. The molecule has 1 unspecified atom stereocenters. The number of Topliss-reactive ketones (excluding diaryl/α,β-unsaturated/α-hetero) is 1. The second-order valence-corrected chi connectivity index (χ2v) is 5.73. The second kappa shape index (κ2) is 8.30. The molecule has 0 bridgehead atoms. The molecule has 3 N–H and O–H groups in total. The molecule has 0 fully saturated rings. The van der Waals surface area contributed by atoms with Crippen LogP contribution in [0.3, 0.4) is 0 Å². The average Bonchev–Trinajstić information content (AvgIpc) is 2.61. The number of hydrogen-bond acceptors (Lipinski definition) is 4. The fraction of sp³-hybridized carbons (Fsp3) is 0.263. The molecule has 2 rings (SSSR count). The molecule has 0 aliphatic heterocycles. The summed E-state index contributed by atoms with van der Waals surface area (Å²) in [5.74, 6) is 0.247. The minimum Gasteiger partial charge on any atom is -0.495 e. The van der Waals surface area contributed by atoms with Gasteiger partial charge in [-0.1, -0.05) is 30.3 Å². The molecule has 0 aromatic heterocycles. The number of aryl methyl sites for hydroxylation is 1. The minimum atomic E-state index is -0.520. The molecule has 2 aromatic rings. The van der Waals surface area contributed by atoms with E-state index in [1.165, 1.54) is 0 Å². The van der Waals surface area contributed by atoms with Crippen molar-refractivity contribution in [2.75, 3.05) is 19.0 Å². The molecule has 0 radical (unpaired) electrons. The maximum absolute atomic E-state index is 12.2. The van der Waals surface area contributed by atoms with Gasteiger partial charge in [-0.25, -0.2) is 4.79 Å². The minimum absolute atomic E-state index is 0.255. The van der Waals surface area contributed by atoms with Crippen LogP contribution in [-0.2, 0) is 0 Å². The number of rotatable bonds is 6. The highest BCUT2D eigenvalue weighted by atomic mass is 16.5.